The number of nitrogens with one attached hydrogen (secondary N) is 1. The molecule has 11 heteroatoms. The van der Waals surface area contributed by atoms with Crippen molar-refractivity contribution in [2.45, 2.75) is 37.6 Å². The van der Waals surface area contributed by atoms with Crippen LogP contribution >= 0.6 is 23.1 Å². The second kappa shape index (κ2) is 9.54. The van der Waals surface area contributed by atoms with Crippen LogP contribution in [0.4, 0.5) is 5.69 Å². The summed E-state index contributed by atoms with van der Waals surface area (Å²) in [5, 5.41) is 13.9. The Hall–Kier alpha value is -2.89. The minimum Gasteiger partial charge on any atom is -0.492 e. The number of rotatable bonds is 8. The van der Waals surface area contributed by atoms with Gasteiger partial charge in [0, 0.05) is 6.61 Å². The predicted molar refractivity (Wildman–Crippen MR) is 129 cm³/mol. The smallest absolute Gasteiger partial charge is 0.272 e. The lowest BCUT2D eigenvalue weighted by Crippen LogP contribution is -2.28. The first kappa shape index (κ1) is 21.9. The fraction of sp³-hybridized carbons (Fsp3) is 0.364. The summed E-state index contributed by atoms with van der Waals surface area (Å²) in [6.45, 7) is 3.56. The van der Waals surface area contributed by atoms with Gasteiger partial charge < -0.3 is 14.8 Å². The number of nitrogens with zero attached hydrogens (tertiary/aromatic N) is 4. The number of carbonyl (C=O) groups is 1. The van der Waals surface area contributed by atoms with Crippen molar-refractivity contribution >= 4 is 50.7 Å². The molecule has 0 aliphatic carbocycles. The number of carbonyl (C=O) groups excluding carboxylic acids is 1. The topological polar surface area (TPSA) is 99.8 Å². The molecule has 0 saturated carbocycles. The Bertz CT molecular complexity index is 1360. The zero-order valence-corrected chi connectivity index (χ0v) is 19.7. The molecule has 0 radical (unpaired) electrons. The largest absolute Gasteiger partial charge is 0.492 e. The maximum Gasteiger partial charge on any atom is 0.272 e. The van der Waals surface area contributed by atoms with E-state index < -0.39 is 0 Å². The molecule has 0 spiro atoms. The summed E-state index contributed by atoms with van der Waals surface area (Å²) in [5.41, 5.74) is 1.29. The highest BCUT2D eigenvalue weighted by atomic mass is 32.2. The molecule has 1 aliphatic rings. The lowest BCUT2D eigenvalue weighted by atomic mass is 10.2. The summed E-state index contributed by atoms with van der Waals surface area (Å²) in [7, 11) is 0. The van der Waals surface area contributed by atoms with Crippen LogP contribution in [-0.4, -0.2) is 50.1 Å². The molecule has 1 atom stereocenters. The van der Waals surface area contributed by atoms with Gasteiger partial charge in [0.25, 0.3) is 5.56 Å². The zero-order valence-electron chi connectivity index (χ0n) is 18.0. The van der Waals surface area contributed by atoms with Gasteiger partial charge in [-0.05, 0) is 43.3 Å². The van der Waals surface area contributed by atoms with Crippen molar-refractivity contribution in [3.63, 3.8) is 0 Å². The van der Waals surface area contributed by atoms with Gasteiger partial charge in [-0.25, -0.2) is 0 Å². The molecule has 1 N–H and O–H groups in total. The average molecular weight is 486 g/mol. The van der Waals surface area contributed by atoms with Crippen LogP contribution in [0.3, 0.4) is 0 Å². The van der Waals surface area contributed by atoms with Gasteiger partial charge in [-0.15, -0.1) is 21.5 Å². The second-order valence-electron chi connectivity index (χ2n) is 7.57. The first-order valence-corrected chi connectivity index (χ1v) is 12.6. The van der Waals surface area contributed by atoms with Gasteiger partial charge in [-0.2, -0.15) is 0 Å². The molecule has 1 saturated heterocycles. The number of thiophene rings is 1. The van der Waals surface area contributed by atoms with Gasteiger partial charge in [-0.3, -0.25) is 18.6 Å². The van der Waals surface area contributed by atoms with Crippen molar-refractivity contribution in [2.24, 2.45) is 0 Å². The third kappa shape index (κ3) is 4.35. The minimum absolute atomic E-state index is 0.00657. The first-order valence-electron chi connectivity index (χ1n) is 10.8. The van der Waals surface area contributed by atoms with Crippen LogP contribution < -0.4 is 15.6 Å². The molecule has 5 rings (SSSR count). The zero-order chi connectivity index (χ0) is 22.8. The minimum atomic E-state index is -0.182. The van der Waals surface area contributed by atoms with Gasteiger partial charge in [-0.1, -0.05) is 23.9 Å². The second-order valence-corrected chi connectivity index (χ2v) is 9.43. The van der Waals surface area contributed by atoms with Crippen molar-refractivity contribution in [1.82, 2.24) is 19.2 Å². The third-order valence-corrected chi connectivity index (χ3v) is 7.21. The molecular formula is C22H23N5O4S2. The molecule has 0 bridgehead atoms. The van der Waals surface area contributed by atoms with Gasteiger partial charge in [0.2, 0.25) is 11.7 Å². The maximum atomic E-state index is 13.1. The Morgan fingerprint density at radius 1 is 1.33 bits per heavy atom. The van der Waals surface area contributed by atoms with Crippen molar-refractivity contribution in [3.8, 4) is 5.75 Å². The van der Waals surface area contributed by atoms with E-state index in [1.165, 1.54) is 23.1 Å². The highest BCUT2D eigenvalue weighted by Gasteiger charge is 2.23. The number of anilines is 1. The molecule has 33 heavy (non-hydrogen) atoms. The number of thioether (sulfide) groups is 1. The summed E-state index contributed by atoms with van der Waals surface area (Å²) in [5.74, 6) is 1.05. The van der Waals surface area contributed by atoms with E-state index in [1.807, 2.05) is 41.0 Å². The van der Waals surface area contributed by atoms with Crippen LogP contribution in [0.25, 0.3) is 16.0 Å². The number of hydrogen-bond donors (Lipinski definition) is 1. The monoisotopic (exact) mass is 485 g/mol. The number of fused-ring (bicyclic) bond motifs is 3. The highest BCUT2D eigenvalue weighted by Crippen LogP contribution is 2.27. The number of ether oxygens (including phenoxy) is 2. The Kier molecular flexibility index (Phi) is 6.34. The molecule has 172 valence electrons. The lowest BCUT2D eigenvalue weighted by molar-refractivity contribution is -0.113. The quantitative estimate of drug-likeness (QED) is 0.382. The van der Waals surface area contributed by atoms with Crippen molar-refractivity contribution < 1.29 is 14.3 Å². The van der Waals surface area contributed by atoms with Crippen molar-refractivity contribution in [2.75, 3.05) is 24.3 Å². The Balaban J connectivity index is 1.41. The van der Waals surface area contributed by atoms with E-state index in [2.05, 4.69) is 15.5 Å². The Labute approximate surface area is 197 Å². The first-order chi connectivity index (χ1) is 16.2. The maximum absolute atomic E-state index is 13.1. The van der Waals surface area contributed by atoms with E-state index in [0.717, 1.165) is 18.4 Å². The predicted octanol–water partition coefficient (Wildman–Crippen LogP) is 3.41. The number of amides is 1. The number of hydrogen-bond acceptors (Lipinski definition) is 8. The molecular weight excluding hydrogens is 462 g/mol. The number of aromatic nitrogens is 4. The SMILES string of the molecule is CCOc1ccccc1NC(=O)CSc1nnc2n(C[C@@H]3CCCO3)c(=O)c3sccc3n12. The molecule has 4 heterocycles. The highest BCUT2D eigenvalue weighted by molar-refractivity contribution is 7.99. The van der Waals surface area contributed by atoms with E-state index in [9.17, 15) is 9.59 Å². The normalized spacial score (nSPS) is 16.0. The molecule has 1 fully saturated rings. The van der Waals surface area contributed by atoms with E-state index in [0.29, 0.717) is 46.8 Å². The molecule has 0 unspecified atom stereocenters. The van der Waals surface area contributed by atoms with Crippen molar-refractivity contribution in [1.29, 1.82) is 0 Å². The summed E-state index contributed by atoms with van der Waals surface area (Å²) < 4.78 is 15.5. The van der Waals surface area contributed by atoms with Crippen LogP contribution in [0.5, 0.6) is 5.75 Å². The van der Waals surface area contributed by atoms with Crippen LogP contribution in [0.15, 0.2) is 45.7 Å². The standard InChI is InChI=1S/C22H23N5O4S2/c1-2-30-17-8-4-3-7-15(17)23-18(28)13-33-22-25-24-21-26(12-14-6-5-10-31-14)20(29)19-16(27(21)22)9-11-32-19/h3-4,7-9,11,14H,2,5-6,10,12-13H2,1H3,(H,23,28)/t14-/m0/s1. The number of benzene rings is 1. The van der Waals surface area contributed by atoms with Gasteiger partial charge in [0.05, 0.1) is 36.2 Å². The van der Waals surface area contributed by atoms with E-state index in [4.69, 9.17) is 9.47 Å². The summed E-state index contributed by atoms with van der Waals surface area (Å²) in [6.07, 6.45) is 1.90. The summed E-state index contributed by atoms with van der Waals surface area (Å²) in [6, 6.07) is 9.21. The van der Waals surface area contributed by atoms with Crippen molar-refractivity contribution in [3.05, 3.63) is 46.1 Å². The molecule has 1 aliphatic heterocycles. The Morgan fingerprint density at radius 2 is 2.21 bits per heavy atom. The number of para-hydroxylation sites is 2. The molecule has 1 amide bonds. The molecule has 4 aromatic rings. The molecule has 1 aromatic carbocycles. The van der Waals surface area contributed by atoms with Crippen LogP contribution in [0.2, 0.25) is 0 Å². The molecule has 9 nitrogen and oxygen atoms in total. The van der Waals surface area contributed by atoms with Crippen LogP contribution in [0.1, 0.15) is 19.8 Å². The fourth-order valence-electron chi connectivity index (χ4n) is 3.92. The average Bonchev–Trinajstić information content (AvgIpc) is 3.57. The summed E-state index contributed by atoms with van der Waals surface area (Å²) in [4.78, 5) is 25.8. The van der Waals surface area contributed by atoms with Gasteiger partial charge in [0.15, 0.2) is 5.16 Å². The Morgan fingerprint density at radius 3 is 3.03 bits per heavy atom. The fourth-order valence-corrected chi connectivity index (χ4v) is 5.48. The van der Waals surface area contributed by atoms with E-state index >= 15 is 0 Å². The van der Waals surface area contributed by atoms with E-state index in [-0.39, 0.29) is 23.3 Å². The van der Waals surface area contributed by atoms with Gasteiger partial charge in [0.1, 0.15) is 10.4 Å². The third-order valence-electron chi connectivity index (χ3n) is 5.39. The molecule has 3 aromatic heterocycles. The van der Waals surface area contributed by atoms with E-state index in [1.54, 1.807) is 10.6 Å². The lowest BCUT2D eigenvalue weighted by Gasteiger charge is -2.13. The summed E-state index contributed by atoms with van der Waals surface area (Å²) >= 11 is 2.67. The van der Waals surface area contributed by atoms with Crippen LogP contribution in [0, 0.1) is 0 Å². The van der Waals surface area contributed by atoms with Crippen LogP contribution in [-0.2, 0) is 16.1 Å². The van der Waals surface area contributed by atoms with Gasteiger partial charge >= 0.3 is 0 Å².